The van der Waals surface area contributed by atoms with Crippen LogP contribution < -0.4 is 10.6 Å². The van der Waals surface area contributed by atoms with Gasteiger partial charge in [-0.3, -0.25) is 0 Å². The number of nitrogens with one attached hydrogen (secondary N) is 2. The van der Waals surface area contributed by atoms with E-state index in [1.807, 2.05) is 0 Å². The van der Waals surface area contributed by atoms with Gasteiger partial charge in [0.05, 0.1) is 5.69 Å². The largest absolute Gasteiger partial charge is 0.366 e. The fourth-order valence-electron chi connectivity index (χ4n) is 3.36. The van der Waals surface area contributed by atoms with E-state index >= 15 is 0 Å². The van der Waals surface area contributed by atoms with Gasteiger partial charge in [0.2, 0.25) is 5.95 Å². The van der Waals surface area contributed by atoms with Crippen LogP contribution in [-0.2, 0) is 6.54 Å². The first-order chi connectivity index (χ1) is 11.8. The Morgan fingerprint density at radius 3 is 2.46 bits per heavy atom. The molecule has 0 radical (unpaired) electrons. The van der Waals surface area contributed by atoms with Crippen LogP contribution in [-0.4, -0.2) is 16.0 Å². The number of benzene rings is 1. The summed E-state index contributed by atoms with van der Waals surface area (Å²) in [5, 5.41) is 7.03. The predicted molar refractivity (Wildman–Crippen MR) is 98.4 cm³/mol. The summed E-state index contributed by atoms with van der Waals surface area (Å²) in [4.78, 5) is 9.47. The summed E-state index contributed by atoms with van der Waals surface area (Å²) in [6.07, 6.45) is 7.64. The number of aromatic nitrogens is 2. The maximum Gasteiger partial charge on any atom is 0.225 e. The van der Waals surface area contributed by atoms with Gasteiger partial charge in [-0.1, -0.05) is 42.7 Å². The molecule has 0 unspecified atom stereocenters. The van der Waals surface area contributed by atoms with E-state index in [1.54, 1.807) is 0 Å². The van der Waals surface area contributed by atoms with Crippen molar-refractivity contribution in [2.24, 2.45) is 0 Å². The van der Waals surface area contributed by atoms with Gasteiger partial charge < -0.3 is 10.6 Å². The summed E-state index contributed by atoms with van der Waals surface area (Å²) < 4.78 is 0. The van der Waals surface area contributed by atoms with E-state index in [1.165, 1.54) is 55.3 Å². The minimum absolute atomic E-state index is 0.546. The lowest BCUT2D eigenvalue weighted by Crippen LogP contribution is -2.17. The fourth-order valence-corrected chi connectivity index (χ4v) is 3.36. The second-order valence-corrected chi connectivity index (χ2v) is 7.24. The minimum atomic E-state index is 0.546. The first kappa shape index (κ1) is 15.4. The highest BCUT2D eigenvalue weighted by Crippen LogP contribution is 2.40. The second kappa shape index (κ2) is 6.80. The molecule has 1 aromatic carbocycles. The van der Waals surface area contributed by atoms with Gasteiger partial charge in [-0.2, -0.15) is 4.98 Å². The van der Waals surface area contributed by atoms with Gasteiger partial charge in [0.1, 0.15) is 5.82 Å². The van der Waals surface area contributed by atoms with Crippen LogP contribution >= 0.6 is 0 Å². The Balaban J connectivity index is 1.48. The third-order valence-electron chi connectivity index (χ3n) is 5.02. The van der Waals surface area contributed by atoms with Gasteiger partial charge in [0, 0.05) is 24.6 Å². The molecule has 0 saturated heterocycles. The Hall–Kier alpha value is -2.10. The summed E-state index contributed by atoms with van der Waals surface area (Å²) in [6.45, 7) is 2.91. The summed E-state index contributed by atoms with van der Waals surface area (Å²) in [6, 6.07) is 11.3. The van der Waals surface area contributed by atoms with Crippen molar-refractivity contribution in [3.8, 4) is 0 Å². The van der Waals surface area contributed by atoms with Gasteiger partial charge in [0.25, 0.3) is 0 Å². The average molecular weight is 322 g/mol. The van der Waals surface area contributed by atoms with Crippen LogP contribution in [0.25, 0.3) is 0 Å². The summed E-state index contributed by atoms with van der Waals surface area (Å²) >= 11 is 0. The van der Waals surface area contributed by atoms with Gasteiger partial charge in [-0.25, -0.2) is 4.98 Å². The SMILES string of the molecule is Cc1ccc(CNc2cc(C3CC3)nc(NC3CCCC3)n2)cc1. The Kier molecular flexibility index (Phi) is 4.37. The zero-order valence-electron chi connectivity index (χ0n) is 14.4. The molecule has 2 saturated carbocycles. The van der Waals surface area contributed by atoms with Gasteiger partial charge >= 0.3 is 0 Å². The lowest BCUT2D eigenvalue weighted by Gasteiger charge is -2.15. The molecule has 4 nitrogen and oxygen atoms in total. The molecule has 2 aromatic rings. The first-order valence-corrected chi connectivity index (χ1v) is 9.21. The van der Waals surface area contributed by atoms with Gasteiger partial charge in [-0.05, 0) is 38.2 Å². The Labute approximate surface area is 144 Å². The smallest absolute Gasteiger partial charge is 0.225 e. The molecule has 4 heteroatoms. The number of hydrogen-bond acceptors (Lipinski definition) is 4. The van der Waals surface area contributed by atoms with E-state index in [4.69, 9.17) is 9.97 Å². The first-order valence-electron chi connectivity index (χ1n) is 9.21. The number of hydrogen-bond donors (Lipinski definition) is 2. The summed E-state index contributed by atoms with van der Waals surface area (Å²) in [5.41, 5.74) is 3.76. The number of rotatable bonds is 6. The molecule has 1 aromatic heterocycles. The van der Waals surface area contributed by atoms with Crippen molar-refractivity contribution < 1.29 is 0 Å². The molecule has 24 heavy (non-hydrogen) atoms. The fraction of sp³-hybridized carbons (Fsp3) is 0.500. The summed E-state index contributed by atoms with van der Waals surface area (Å²) in [7, 11) is 0. The lowest BCUT2D eigenvalue weighted by molar-refractivity contribution is 0.741. The maximum absolute atomic E-state index is 4.76. The molecule has 0 spiro atoms. The molecular weight excluding hydrogens is 296 g/mol. The average Bonchev–Trinajstić information content (AvgIpc) is 3.33. The minimum Gasteiger partial charge on any atom is -0.366 e. The van der Waals surface area contributed by atoms with Crippen LogP contribution in [0.1, 0.15) is 61.3 Å². The van der Waals surface area contributed by atoms with Crippen LogP contribution in [0, 0.1) is 6.92 Å². The number of nitrogens with zero attached hydrogens (tertiary/aromatic N) is 2. The highest BCUT2D eigenvalue weighted by Gasteiger charge is 2.26. The quantitative estimate of drug-likeness (QED) is 0.814. The molecular formula is C20H26N4. The van der Waals surface area contributed by atoms with Crippen LogP contribution in [0.15, 0.2) is 30.3 Å². The molecule has 1 heterocycles. The van der Waals surface area contributed by atoms with Crippen LogP contribution in [0.3, 0.4) is 0 Å². The van der Waals surface area contributed by atoms with E-state index in [-0.39, 0.29) is 0 Å². The zero-order valence-corrected chi connectivity index (χ0v) is 14.4. The number of aryl methyl sites for hydroxylation is 1. The molecule has 126 valence electrons. The van der Waals surface area contributed by atoms with Crippen LogP contribution in [0.2, 0.25) is 0 Å². The normalized spacial score (nSPS) is 17.9. The zero-order chi connectivity index (χ0) is 16.4. The highest BCUT2D eigenvalue weighted by atomic mass is 15.2. The van der Waals surface area contributed by atoms with Crippen molar-refractivity contribution >= 4 is 11.8 Å². The van der Waals surface area contributed by atoms with Crippen molar-refractivity contribution in [2.45, 2.75) is 64.0 Å². The van der Waals surface area contributed by atoms with Gasteiger partial charge in [-0.15, -0.1) is 0 Å². The molecule has 2 aliphatic carbocycles. The maximum atomic E-state index is 4.76. The molecule has 0 aliphatic heterocycles. The number of anilines is 2. The molecule has 4 rings (SSSR count). The monoisotopic (exact) mass is 322 g/mol. The Morgan fingerprint density at radius 1 is 1.00 bits per heavy atom. The molecule has 0 amide bonds. The van der Waals surface area contributed by atoms with E-state index in [0.29, 0.717) is 12.0 Å². The lowest BCUT2D eigenvalue weighted by atomic mass is 10.1. The van der Waals surface area contributed by atoms with Crippen LogP contribution in [0.5, 0.6) is 0 Å². The molecule has 0 bridgehead atoms. The third kappa shape index (κ3) is 3.86. The highest BCUT2D eigenvalue weighted by molar-refractivity contribution is 5.45. The predicted octanol–water partition coefficient (Wildman–Crippen LogP) is 4.63. The molecule has 2 N–H and O–H groups in total. The standard InChI is InChI=1S/C20H26N4/c1-14-6-8-15(9-7-14)13-21-19-12-18(16-10-11-16)23-20(24-19)22-17-4-2-3-5-17/h6-9,12,16-17H,2-5,10-11,13H2,1H3,(H2,21,22,23,24). The van der Waals surface area contributed by atoms with Gasteiger partial charge in [0.15, 0.2) is 0 Å². The van der Waals surface area contributed by atoms with E-state index in [2.05, 4.69) is 47.9 Å². The third-order valence-corrected chi connectivity index (χ3v) is 5.02. The van der Waals surface area contributed by atoms with E-state index in [0.717, 1.165) is 18.3 Å². The summed E-state index contributed by atoms with van der Waals surface area (Å²) in [5.74, 6) is 2.38. The van der Waals surface area contributed by atoms with E-state index < -0.39 is 0 Å². The van der Waals surface area contributed by atoms with Crippen molar-refractivity contribution in [3.63, 3.8) is 0 Å². The van der Waals surface area contributed by atoms with Crippen molar-refractivity contribution in [1.82, 2.24) is 9.97 Å². The Bertz CT molecular complexity index is 685. The Morgan fingerprint density at radius 2 is 1.75 bits per heavy atom. The molecule has 2 aliphatic rings. The topological polar surface area (TPSA) is 49.8 Å². The van der Waals surface area contributed by atoms with Crippen LogP contribution in [0.4, 0.5) is 11.8 Å². The molecule has 0 atom stereocenters. The van der Waals surface area contributed by atoms with Crippen molar-refractivity contribution in [2.75, 3.05) is 10.6 Å². The van der Waals surface area contributed by atoms with Crippen molar-refractivity contribution in [3.05, 3.63) is 47.2 Å². The molecule has 2 fully saturated rings. The second-order valence-electron chi connectivity index (χ2n) is 7.24. The van der Waals surface area contributed by atoms with E-state index in [9.17, 15) is 0 Å². The van der Waals surface area contributed by atoms with Crippen molar-refractivity contribution in [1.29, 1.82) is 0 Å².